The van der Waals surface area contributed by atoms with Gasteiger partial charge in [-0.1, -0.05) is 64.1 Å². The van der Waals surface area contributed by atoms with Crippen LogP contribution in [0.3, 0.4) is 0 Å². The first-order valence-corrected chi connectivity index (χ1v) is 8.78. The third kappa shape index (κ3) is 3.60. The predicted octanol–water partition coefficient (Wildman–Crippen LogP) is 6.70. The summed E-state index contributed by atoms with van der Waals surface area (Å²) in [6, 6.07) is 19.7. The number of hydrogen-bond donors (Lipinski definition) is 0. The monoisotopic (exact) mass is 309 g/mol. The second kappa shape index (κ2) is 6.78. The van der Waals surface area contributed by atoms with Crippen molar-refractivity contribution in [2.75, 3.05) is 4.90 Å². The van der Waals surface area contributed by atoms with Crippen molar-refractivity contribution in [1.82, 2.24) is 0 Å². The Morgan fingerprint density at radius 3 is 1.87 bits per heavy atom. The van der Waals surface area contributed by atoms with Gasteiger partial charge < -0.3 is 4.90 Å². The van der Waals surface area contributed by atoms with Gasteiger partial charge in [0.1, 0.15) is 0 Å². The maximum absolute atomic E-state index is 2.51. The summed E-state index contributed by atoms with van der Waals surface area (Å²) in [7, 11) is 0. The van der Waals surface area contributed by atoms with E-state index in [1.54, 1.807) is 0 Å². The minimum atomic E-state index is 0.0568. The van der Waals surface area contributed by atoms with Crippen molar-refractivity contribution in [3.63, 3.8) is 0 Å². The highest BCUT2D eigenvalue weighted by Gasteiger charge is 2.31. The fraction of sp³-hybridized carbons (Fsp3) is 0.455. The number of hydrogen-bond acceptors (Lipinski definition) is 1. The molecule has 0 aromatic heterocycles. The molecular weight excluding hydrogens is 278 g/mol. The Morgan fingerprint density at radius 1 is 0.739 bits per heavy atom. The van der Waals surface area contributed by atoms with Crippen LogP contribution in [0.15, 0.2) is 54.6 Å². The Hall–Kier alpha value is -1.76. The molecule has 0 aliphatic rings. The summed E-state index contributed by atoms with van der Waals surface area (Å²) in [5, 5.41) is 0. The van der Waals surface area contributed by atoms with Crippen LogP contribution in [-0.4, -0.2) is 5.54 Å². The highest BCUT2D eigenvalue weighted by molar-refractivity contribution is 5.69. The molecule has 0 bridgehead atoms. The molecule has 0 radical (unpaired) electrons. The highest BCUT2D eigenvalue weighted by Crippen LogP contribution is 2.41. The van der Waals surface area contributed by atoms with E-state index in [4.69, 9.17) is 0 Å². The van der Waals surface area contributed by atoms with Crippen molar-refractivity contribution in [1.29, 1.82) is 0 Å². The molecule has 2 rings (SSSR count). The van der Waals surface area contributed by atoms with Crippen molar-refractivity contribution in [3.8, 4) is 0 Å². The summed E-state index contributed by atoms with van der Waals surface area (Å²) in [6.07, 6.45) is 2.21. The van der Waals surface area contributed by atoms with Gasteiger partial charge in [0.25, 0.3) is 0 Å². The second-order valence-electron chi connectivity index (χ2n) is 7.59. The third-order valence-corrected chi connectivity index (χ3v) is 5.24. The maximum Gasteiger partial charge on any atom is 0.0453 e. The number of anilines is 2. The second-order valence-corrected chi connectivity index (χ2v) is 7.59. The van der Waals surface area contributed by atoms with Gasteiger partial charge >= 0.3 is 0 Å². The summed E-state index contributed by atoms with van der Waals surface area (Å²) in [5.74, 6) is 0. The lowest BCUT2D eigenvalue weighted by atomic mass is 9.80. The largest absolute Gasteiger partial charge is 0.336 e. The molecule has 2 aromatic carbocycles. The summed E-state index contributed by atoms with van der Waals surface area (Å²) in [4.78, 5) is 2.51. The molecule has 0 spiro atoms. The fourth-order valence-corrected chi connectivity index (χ4v) is 2.98. The summed E-state index contributed by atoms with van der Waals surface area (Å²) < 4.78 is 0. The standard InChI is InChI=1S/C22H31N/c1-7-21(3,4)19-16-12-13-17-20(19)23(22(5,6)8-2)18-14-10-9-11-15-18/h9-17H,7-8H2,1-6H3. The molecule has 0 N–H and O–H groups in total. The first-order chi connectivity index (χ1) is 10.8. The first kappa shape index (κ1) is 17.6. The molecule has 1 heteroatoms. The molecule has 0 saturated heterocycles. The fourth-order valence-electron chi connectivity index (χ4n) is 2.98. The van der Waals surface area contributed by atoms with E-state index in [0.29, 0.717) is 0 Å². The highest BCUT2D eigenvalue weighted by atomic mass is 15.2. The molecule has 0 fully saturated rings. The molecule has 0 atom stereocenters. The summed E-state index contributed by atoms with van der Waals surface area (Å²) in [5.41, 5.74) is 4.23. The zero-order valence-electron chi connectivity index (χ0n) is 15.6. The van der Waals surface area contributed by atoms with Gasteiger partial charge in [-0.05, 0) is 55.9 Å². The topological polar surface area (TPSA) is 3.24 Å². The van der Waals surface area contributed by atoms with Gasteiger partial charge in [-0.15, -0.1) is 0 Å². The quantitative estimate of drug-likeness (QED) is 0.573. The number of rotatable bonds is 6. The van der Waals surface area contributed by atoms with E-state index in [9.17, 15) is 0 Å². The Balaban J connectivity index is 2.67. The Labute approximate surface area is 142 Å². The van der Waals surface area contributed by atoms with Crippen LogP contribution in [-0.2, 0) is 5.41 Å². The number of para-hydroxylation sites is 2. The van der Waals surface area contributed by atoms with E-state index in [2.05, 4.69) is 101 Å². The molecule has 124 valence electrons. The lowest BCUT2D eigenvalue weighted by molar-refractivity contribution is 0.472. The van der Waals surface area contributed by atoms with Gasteiger partial charge in [-0.2, -0.15) is 0 Å². The van der Waals surface area contributed by atoms with Gasteiger partial charge in [-0.25, -0.2) is 0 Å². The van der Waals surface area contributed by atoms with Crippen molar-refractivity contribution >= 4 is 11.4 Å². The van der Waals surface area contributed by atoms with Crippen LogP contribution in [0, 0.1) is 0 Å². The van der Waals surface area contributed by atoms with E-state index in [0.717, 1.165) is 12.8 Å². The van der Waals surface area contributed by atoms with E-state index in [1.807, 2.05) is 0 Å². The maximum atomic E-state index is 2.51. The van der Waals surface area contributed by atoms with Gasteiger partial charge in [0.15, 0.2) is 0 Å². The van der Waals surface area contributed by atoms with Crippen molar-refractivity contribution in [3.05, 3.63) is 60.2 Å². The Morgan fingerprint density at radius 2 is 1.30 bits per heavy atom. The van der Waals surface area contributed by atoms with Gasteiger partial charge in [0.05, 0.1) is 0 Å². The smallest absolute Gasteiger partial charge is 0.0453 e. The average Bonchev–Trinajstić information content (AvgIpc) is 2.56. The number of nitrogens with zero attached hydrogens (tertiary/aromatic N) is 1. The molecular formula is C22H31N. The van der Waals surface area contributed by atoms with Crippen molar-refractivity contribution < 1.29 is 0 Å². The van der Waals surface area contributed by atoms with Crippen LogP contribution in [0.5, 0.6) is 0 Å². The van der Waals surface area contributed by atoms with E-state index in [1.165, 1.54) is 16.9 Å². The van der Waals surface area contributed by atoms with Crippen LogP contribution in [0.4, 0.5) is 11.4 Å². The van der Waals surface area contributed by atoms with E-state index >= 15 is 0 Å². The molecule has 1 nitrogen and oxygen atoms in total. The predicted molar refractivity (Wildman–Crippen MR) is 103 cm³/mol. The van der Waals surface area contributed by atoms with E-state index < -0.39 is 0 Å². The lowest BCUT2D eigenvalue weighted by Gasteiger charge is -2.43. The van der Waals surface area contributed by atoms with Gasteiger partial charge in [0, 0.05) is 16.9 Å². The van der Waals surface area contributed by atoms with Crippen LogP contribution < -0.4 is 4.90 Å². The Bertz CT molecular complexity index is 625. The van der Waals surface area contributed by atoms with Crippen molar-refractivity contribution in [2.45, 2.75) is 65.3 Å². The molecule has 23 heavy (non-hydrogen) atoms. The minimum Gasteiger partial charge on any atom is -0.336 e. The summed E-state index contributed by atoms with van der Waals surface area (Å²) >= 11 is 0. The zero-order chi connectivity index (χ0) is 17.1. The first-order valence-electron chi connectivity index (χ1n) is 8.78. The van der Waals surface area contributed by atoms with Gasteiger partial charge in [-0.3, -0.25) is 0 Å². The minimum absolute atomic E-state index is 0.0568. The average molecular weight is 309 g/mol. The number of benzene rings is 2. The molecule has 0 amide bonds. The van der Waals surface area contributed by atoms with Crippen LogP contribution in [0.2, 0.25) is 0 Å². The molecule has 0 unspecified atom stereocenters. The normalized spacial score (nSPS) is 12.3. The summed E-state index contributed by atoms with van der Waals surface area (Å²) in [6.45, 7) is 13.9. The van der Waals surface area contributed by atoms with Crippen LogP contribution >= 0.6 is 0 Å². The molecule has 0 heterocycles. The zero-order valence-corrected chi connectivity index (χ0v) is 15.6. The van der Waals surface area contributed by atoms with Crippen molar-refractivity contribution in [2.24, 2.45) is 0 Å². The van der Waals surface area contributed by atoms with Crippen LogP contribution in [0.25, 0.3) is 0 Å². The molecule has 0 aliphatic carbocycles. The van der Waals surface area contributed by atoms with Gasteiger partial charge in [0.2, 0.25) is 0 Å². The molecule has 0 saturated carbocycles. The molecule has 0 aliphatic heterocycles. The third-order valence-electron chi connectivity index (χ3n) is 5.24. The lowest BCUT2D eigenvalue weighted by Crippen LogP contribution is -2.41. The van der Waals surface area contributed by atoms with Crippen LogP contribution in [0.1, 0.15) is 59.9 Å². The Kier molecular flexibility index (Phi) is 5.19. The SMILES string of the molecule is CCC(C)(C)c1ccccc1N(c1ccccc1)C(C)(C)CC. The van der Waals surface area contributed by atoms with E-state index in [-0.39, 0.29) is 11.0 Å². The molecule has 2 aromatic rings.